The summed E-state index contributed by atoms with van der Waals surface area (Å²) >= 11 is 6.31. The highest BCUT2D eigenvalue weighted by molar-refractivity contribution is 6.36. The van der Waals surface area contributed by atoms with E-state index in [4.69, 9.17) is 16.3 Å². The number of H-pyrrole nitrogens is 1. The highest BCUT2D eigenvalue weighted by Gasteiger charge is 2.20. The molecule has 3 rings (SSSR count). The predicted octanol–water partition coefficient (Wildman–Crippen LogP) is 2.41. The summed E-state index contributed by atoms with van der Waals surface area (Å²) in [6.45, 7) is 1.70. The fourth-order valence-electron chi connectivity index (χ4n) is 1.87. The number of fused-ring (bicyclic) bond motifs is 1. The van der Waals surface area contributed by atoms with Gasteiger partial charge >= 0.3 is 0 Å². The van der Waals surface area contributed by atoms with Gasteiger partial charge in [0, 0.05) is 23.7 Å². The van der Waals surface area contributed by atoms with Crippen molar-refractivity contribution in [2.75, 3.05) is 13.2 Å². The van der Waals surface area contributed by atoms with Gasteiger partial charge in [0.1, 0.15) is 5.65 Å². The van der Waals surface area contributed by atoms with E-state index in [9.17, 15) is 0 Å². The molecule has 0 saturated carbocycles. The minimum absolute atomic E-state index is 0.612. The molecule has 1 fully saturated rings. The second-order valence-corrected chi connectivity index (χ2v) is 4.32. The largest absolute Gasteiger partial charge is 0.381 e. The summed E-state index contributed by atoms with van der Waals surface area (Å²) < 4.78 is 5.15. The fourth-order valence-corrected chi connectivity index (χ4v) is 2.15. The molecule has 1 saturated heterocycles. The van der Waals surface area contributed by atoms with Crippen molar-refractivity contribution in [3.63, 3.8) is 0 Å². The molecule has 1 N–H and O–H groups in total. The van der Waals surface area contributed by atoms with Gasteiger partial charge in [0.25, 0.3) is 0 Å². The first-order chi connectivity index (χ1) is 7.34. The molecular formula is C11H11ClN2O. The van der Waals surface area contributed by atoms with Crippen LogP contribution in [0.1, 0.15) is 5.56 Å². The lowest BCUT2D eigenvalue weighted by Gasteiger charge is -2.26. The lowest BCUT2D eigenvalue weighted by molar-refractivity contribution is -0.0312. The third-order valence-electron chi connectivity index (χ3n) is 2.81. The molecule has 3 nitrogen and oxygen atoms in total. The Morgan fingerprint density at radius 3 is 3.13 bits per heavy atom. The van der Waals surface area contributed by atoms with Gasteiger partial charge in [-0.2, -0.15) is 0 Å². The Balaban J connectivity index is 1.98. The molecule has 3 heterocycles. The molecule has 15 heavy (non-hydrogen) atoms. The molecule has 78 valence electrons. The lowest BCUT2D eigenvalue weighted by atomic mass is 9.99. The van der Waals surface area contributed by atoms with Crippen LogP contribution in [-0.2, 0) is 11.2 Å². The van der Waals surface area contributed by atoms with Gasteiger partial charge in [-0.05, 0) is 18.1 Å². The van der Waals surface area contributed by atoms with E-state index in [-0.39, 0.29) is 0 Å². The monoisotopic (exact) mass is 222 g/mol. The average Bonchev–Trinajstić information content (AvgIpc) is 2.62. The van der Waals surface area contributed by atoms with Crippen molar-refractivity contribution in [3.8, 4) is 0 Å². The molecular weight excluding hydrogens is 212 g/mol. The first kappa shape index (κ1) is 9.19. The summed E-state index contributed by atoms with van der Waals surface area (Å²) in [7, 11) is 0. The molecule has 0 aliphatic carbocycles. The third-order valence-corrected chi connectivity index (χ3v) is 3.26. The van der Waals surface area contributed by atoms with Crippen molar-refractivity contribution >= 4 is 22.6 Å². The van der Waals surface area contributed by atoms with Gasteiger partial charge in [0.15, 0.2) is 0 Å². The molecule has 1 aliphatic rings. The van der Waals surface area contributed by atoms with Crippen LogP contribution >= 0.6 is 11.6 Å². The number of hydrogen-bond acceptors (Lipinski definition) is 2. The molecule has 0 bridgehead atoms. The molecule has 2 aromatic heterocycles. The van der Waals surface area contributed by atoms with Crippen LogP contribution in [0.3, 0.4) is 0 Å². The fraction of sp³-hybridized carbons (Fsp3) is 0.364. The number of aromatic amines is 1. The molecule has 2 aromatic rings. The zero-order valence-corrected chi connectivity index (χ0v) is 8.92. The van der Waals surface area contributed by atoms with E-state index in [1.807, 2.05) is 18.5 Å². The normalized spacial score (nSPS) is 16.9. The van der Waals surface area contributed by atoms with Crippen molar-refractivity contribution in [1.82, 2.24) is 9.97 Å². The standard InChI is InChI=1S/C11H11ClN2O/c12-10-8(3-7-5-15-6-7)4-14-11-9(10)1-2-13-11/h1-2,4,7H,3,5-6H2,(H,13,14). The Morgan fingerprint density at radius 2 is 2.40 bits per heavy atom. The van der Waals surface area contributed by atoms with E-state index >= 15 is 0 Å². The number of nitrogens with one attached hydrogen (secondary N) is 1. The maximum atomic E-state index is 6.31. The quantitative estimate of drug-likeness (QED) is 0.848. The van der Waals surface area contributed by atoms with Gasteiger partial charge < -0.3 is 9.72 Å². The van der Waals surface area contributed by atoms with Crippen LogP contribution in [0.15, 0.2) is 18.5 Å². The highest BCUT2D eigenvalue weighted by atomic mass is 35.5. The van der Waals surface area contributed by atoms with Gasteiger partial charge in [0.05, 0.1) is 18.2 Å². The minimum atomic E-state index is 0.612. The zero-order valence-electron chi connectivity index (χ0n) is 8.16. The number of pyridine rings is 1. The Morgan fingerprint density at radius 1 is 1.53 bits per heavy atom. The zero-order chi connectivity index (χ0) is 10.3. The molecule has 0 aromatic carbocycles. The summed E-state index contributed by atoms with van der Waals surface area (Å²) in [4.78, 5) is 7.38. The number of nitrogens with zero attached hydrogens (tertiary/aromatic N) is 1. The third kappa shape index (κ3) is 1.52. The Kier molecular flexibility index (Phi) is 2.15. The van der Waals surface area contributed by atoms with Crippen LogP contribution in [0, 0.1) is 5.92 Å². The second kappa shape index (κ2) is 3.51. The van der Waals surface area contributed by atoms with E-state index in [1.165, 1.54) is 0 Å². The maximum Gasteiger partial charge on any atom is 0.138 e. The van der Waals surface area contributed by atoms with Gasteiger partial charge in [-0.25, -0.2) is 4.98 Å². The van der Waals surface area contributed by atoms with Crippen LogP contribution in [0.5, 0.6) is 0 Å². The van der Waals surface area contributed by atoms with Crippen LogP contribution < -0.4 is 0 Å². The second-order valence-electron chi connectivity index (χ2n) is 3.94. The van der Waals surface area contributed by atoms with Gasteiger partial charge in [-0.3, -0.25) is 0 Å². The lowest BCUT2D eigenvalue weighted by Crippen LogP contribution is -2.29. The summed E-state index contributed by atoms with van der Waals surface area (Å²) in [6, 6.07) is 1.96. The maximum absolute atomic E-state index is 6.31. The first-order valence-electron chi connectivity index (χ1n) is 5.03. The number of aromatic nitrogens is 2. The molecule has 4 heteroatoms. The van der Waals surface area contributed by atoms with Crippen molar-refractivity contribution in [3.05, 3.63) is 29.0 Å². The summed E-state index contributed by atoms with van der Waals surface area (Å²) in [5, 5.41) is 1.84. The topological polar surface area (TPSA) is 37.9 Å². The molecule has 0 amide bonds. The first-order valence-corrected chi connectivity index (χ1v) is 5.40. The summed E-state index contributed by atoms with van der Waals surface area (Å²) in [5.41, 5.74) is 1.98. The van der Waals surface area contributed by atoms with Crippen molar-refractivity contribution in [1.29, 1.82) is 0 Å². The molecule has 0 atom stereocenters. The number of rotatable bonds is 2. The number of ether oxygens (including phenoxy) is 1. The van der Waals surface area contributed by atoms with E-state index in [1.54, 1.807) is 0 Å². The molecule has 0 unspecified atom stereocenters. The Labute approximate surface area is 92.4 Å². The molecule has 0 radical (unpaired) electrons. The Bertz CT molecular complexity index is 490. The van der Waals surface area contributed by atoms with Gasteiger partial charge in [-0.1, -0.05) is 11.6 Å². The number of halogens is 1. The molecule has 0 spiro atoms. The van der Waals surface area contributed by atoms with E-state index in [0.29, 0.717) is 5.92 Å². The Hall–Kier alpha value is -1.06. The van der Waals surface area contributed by atoms with Gasteiger partial charge in [-0.15, -0.1) is 0 Å². The van der Waals surface area contributed by atoms with Crippen LogP contribution in [0.4, 0.5) is 0 Å². The van der Waals surface area contributed by atoms with E-state index in [2.05, 4.69) is 9.97 Å². The number of hydrogen-bond donors (Lipinski definition) is 1. The van der Waals surface area contributed by atoms with Crippen molar-refractivity contribution in [2.24, 2.45) is 5.92 Å². The van der Waals surface area contributed by atoms with E-state index < -0.39 is 0 Å². The smallest absolute Gasteiger partial charge is 0.138 e. The van der Waals surface area contributed by atoms with Crippen LogP contribution in [0.25, 0.3) is 11.0 Å². The molecule has 1 aliphatic heterocycles. The van der Waals surface area contributed by atoms with Crippen LogP contribution in [-0.4, -0.2) is 23.2 Å². The predicted molar refractivity (Wildman–Crippen MR) is 59.1 cm³/mol. The summed E-state index contributed by atoms with van der Waals surface area (Å²) in [5.74, 6) is 0.612. The van der Waals surface area contributed by atoms with Crippen molar-refractivity contribution < 1.29 is 4.74 Å². The minimum Gasteiger partial charge on any atom is -0.381 e. The average molecular weight is 223 g/mol. The summed E-state index contributed by atoms with van der Waals surface area (Å²) in [6.07, 6.45) is 4.69. The SMILES string of the molecule is Clc1c(CC2COC2)cnc2[nH]ccc12. The van der Waals surface area contributed by atoms with Crippen LogP contribution in [0.2, 0.25) is 5.02 Å². The highest BCUT2D eigenvalue weighted by Crippen LogP contribution is 2.28. The van der Waals surface area contributed by atoms with Gasteiger partial charge in [0.2, 0.25) is 0 Å². The van der Waals surface area contributed by atoms with E-state index in [0.717, 1.165) is 41.3 Å². The van der Waals surface area contributed by atoms with Crippen molar-refractivity contribution in [2.45, 2.75) is 6.42 Å².